The van der Waals surface area contributed by atoms with E-state index in [9.17, 15) is 0 Å². The van der Waals surface area contributed by atoms with Crippen LogP contribution in [-0.4, -0.2) is 16.1 Å². The van der Waals surface area contributed by atoms with Crippen molar-refractivity contribution in [2.45, 2.75) is 46.0 Å². The fraction of sp³-hybridized carbons (Fsp3) is 0.273. The Hall–Kier alpha value is -1.49. The Labute approximate surface area is 264 Å². The number of hydrogen-bond donors (Lipinski definition) is 0. The predicted molar refractivity (Wildman–Crippen MR) is 155 cm³/mol. The fourth-order valence-corrected chi connectivity index (χ4v) is 5.45. The van der Waals surface area contributed by atoms with Gasteiger partial charge in [-0.1, -0.05) is 152 Å². The molecular weight excluding hydrogens is 688 g/mol. The van der Waals surface area contributed by atoms with Crippen molar-refractivity contribution in [3.8, 4) is 11.1 Å². The predicted octanol–water partition coefficient (Wildman–Crippen LogP) is 1.39. The van der Waals surface area contributed by atoms with Gasteiger partial charge in [-0.25, -0.2) is 0 Å². The normalized spacial score (nSPS) is 10.8. The smallest absolute Gasteiger partial charge is 1.00 e. The molecule has 4 aromatic rings. The van der Waals surface area contributed by atoms with Crippen LogP contribution in [0.2, 0.25) is 0 Å². The molecule has 1 atom stereocenters. The summed E-state index contributed by atoms with van der Waals surface area (Å²) in [7, 11) is 0.271. The molecule has 0 aliphatic heterocycles. The molecule has 0 heterocycles. The van der Waals surface area contributed by atoms with Crippen molar-refractivity contribution >= 4 is 19.9 Å². The van der Waals surface area contributed by atoms with Gasteiger partial charge in [-0.15, -0.1) is 12.1 Å². The first kappa shape index (κ1) is 36.5. The van der Waals surface area contributed by atoms with E-state index in [0.29, 0.717) is 12.5 Å². The van der Waals surface area contributed by atoms with Crippen molar-refractivity contribution in [1.82, 2.24) is 0 Å². The molecule has 0 spiro atoms. The van der Waals surface area contributed by atoms with Crippen LogP contribution in [0.1, 0.15) is 50.7 Å². The third-order valence-corrected chi connectivity index (χ3v) is 7.82. The van der Waals surface area contributed by atoms with Crippen LogP contribution in [0.4, 0.5) is 0 Å². The summed E-state index contributed by atoms with van der Waals surface area (Å²) >= 11 is 0. The monoisotopic (exact) mass is 726 g/mol. The average Bonchev–Trinajstić information content (AvgIpc) is 3.30. The second-order valence-corrected chi connectivity index (χ2v) is 10.6. The Bertz CT molecular complexity index is 1040. The molecule has 1 aliphatic carbocycles. The SMILES string of the molecule is CCCCC(CC)C[NH-].[Cl-].[Cl-].[Hf+4].[c-]1cccc2c1Cc1ccccc1-2.c1ccc([SiH]c2ccccc2)cc1. The summed E-state index contributed by atoms with van der Waals surface area (Å²) in [5.74, 6) is 0.671. The number of unbranched alkanes of at least 4 members (excludes halogenated alkanes) is 1. The molecule has 1 radical (unpaired) electrons. The van der Waals surface area contributed by atoms with E-state index in [1.165, 1.54) is 58.3 Å². The molecular formula is C33H38Cl2HfNSi. The van der Waals surface area contributed by atoms with Gasteiger partial charge >= 0.3 is 25.8 Å². The fourth-order valence-electron chi connectivity index (χ4n) is 4.23. The van der Waals surface area contributed by atoms with Crippen molar-refractivity contribution in [3.05, 3.63) is 126 Å². The molecule has 197 valence electrons. The molecule has 0 bridgehead atoms. The van der Waals surface area contributed by atoms with Crippen molar-refractivity contribution in [1.29, 1.82) is 0 Å². The van der Waals surface area contributed by atoms with E-state index in [-0.39, 0.29) is 60.2 Å². The zero-order valence-electron chi connectivity index (χ0n) is 22.5. The van der Waals surface area contributed by atoms with Crippen LogP contribution in [0.5, 0.6) is 0 Å². The first-order valence-electron chi connectivity index (χ1n) is 12.9. The molecule has 4 aromatic carbocycles. The van der Waals surface area contributed by atoms with E-state index in [0.717, 1.165) is 6.42 Å². The van der Waals surface area contributed by atoms with E-state index in [1.807, 2.05) is 6.07 Å². The standard InChI is InChI=1S/C13H9.C12H11Si.C8H18N.2ClH.Hf/c1-3-7-12-10(5-1)9-11-6-2-4-8-13(11)12;1-3-7-11(8-4-1)13-12-9-5-2-6-10-12;1-3-5-6-8(4-2)7-9;;;/h1-5,7-8H,9H2;1-10,13H;8-9H,3-7H2,1-2H3;2*1H;/q-1;;-1;;;+4/p-2. The summed E-state index contributed by atoms with van der Waals surface area (Å²) in [6, 6.07) is 39.4. The summed E-state index contributed by atoms with van der Waals surface area (Å²) in [5.41, 5.74) is 12.6. The Morgan fingerprint density at radius 1 is 0.763 bits per heavy atom. The molecule has 1 nitrogen and oxygen atoms in total. The first-order chi connectivity index (χ1) is 17.2. The molecule has 1 unspecified atom stereocenters. The summed E-state index contributed by atoms with van der Waals surface area (Å²) in [6.45, 7) is 5.00. The van der Waals surface area contributed by atoms with Crippen LogP contribution >= 0.6 is 0 Å². The van der Waals surface area contributed by atoms with Crippen molar-refractivity contribution < 1.29 is 50.7 Å². The van der Waals surface area contributed by atoms with Gasteiger partial charge < -0.3 is 30.5 Å². The van der Waals surface area contributed by atoms with E-state index in [4.69, 9.17) is 5.73 Å². The molecule has 0 saturated carbocycles. The van der Waals surface area contributed by atoms with Crippen molar-refractivity contribution in [3.63, 3.8) is 0 Å². The van der Waals surface area contributed by atoms with Crippen LogP contribution in [0.25, 0.3) is 16.9 Å². The van der Waals surface area contributed by atoms with Crippen LogP contribution in [0, 0.1) is 12.0 Å². The molecule has 1 aliphatic rings. The zero-order chi connectivity index (χ0) is 24.7. The summed E-state index contributed by atoms with van der Waals surface area (Å²) in [4.78, 5) is 0. The van der Waals surface area contributed by atoms with Crippen LogP contribution in [0.3, 0.4) is 0 Å². The quantitative estimate of drug-likeness (QED) is 0.179. The second kappa shape index (κ2) is 21.3. The molecule has 0 aromatic heterocycles. The molecule has 38 heavy (non-hydrogen) atoms. The number of rotatable bonds is 7. The summed E-state index contributed by atoms with van der Waals surface area (Å²) < 4.78 is 0. The van der Waals surface area contributed by atoms with Gasteiger partial charge in [-0.2, -0.15) is 29.8 Å². The van der Waals surface area contributed by atoms with E-state index in [1.54, 1.807) is 0 Å². The van der Waals surface area contributed by atoms with Gasteiger partial charge in [0.15, 0.2) is 0 Å². The third-order valence-electron chi connectivity index (χ3n) is 6.38. The number of nitrogens with one attached hydrogen (secondary N) is 1. The van der Waals surface area contributed by atoms with Gasteiger partial charge in [0.05, 0.1) is 0 Å². The second-order valence-electron chi connectivity index (χ2n) is 8.98. The number of fused-ring (bicyclic) bond motifs is 3. The van der Waals surface area contributed by atoms with E-state index < -0.39 is 0 Å². The maximum atomic E-state index is 7.14. The number of benzene rings is 4. The maximum Gasteiger partial charge on any atom is 4.00 e. The number of hydrogen-bond acceptors (Lipinski definition) is 0. The van der Waals surface area contributed by atoms with Gasteiger partial charge in [0, 0.05) is 0 Å². The van der Waals surface area contributed by atoms with Gasteiger partial charge in [0.2, 0.25) is 0 Å². The Morgan fingerprint density at radius 2 is 1.32 bits per heavy atom. The van der Waals surface area contributed by atoms with Gasteiger partial charge in [-0.05, 0) is 6.42 Å². The molecule has 0 fully saturated rings. The Balaban J connectivity index is 0.000000531. The van der Waals surface area contributed by atoms with Gasteiger partial charge in [-0.3, -0.25) is 0 Å². The molecule has 5 rings (SSSR count). The zero-order valence-corrected chi connectivity index (χ0v) is 28.7. The minimum Gasteiger partial charge on any atom is -1.00 e. The molecule has 1 N–H and O–H groups in total. The maximum absolute atomic E-state index is 7.14. The molecule has 0 amide bonds. The van der Waals surface area contributed by atoms with Gasteiger partial charge in [0.1, 0.15) is 9.52 Å². The van der Waals surface area contributed by atoms with Crippen LogP contribution in [-0.2, 0) is 32.3 Å². The summed E-state index contributed by atoms with van der Waals surface area (Å²) in [6.07, 6.45) is 6.07. The number of halogens is 2. The minimum absolute atomic E-state index is 0. The van der Waals surface area contributed by atoms with Gasteiger partial charge in [0.25, 0.3) is 0 Å². The minimum atomic E-state index is 0. The van der Waals surface area contributed by atoms with Crippen molar-refractivity contribution in [2.24, 2.45) is 5.92 Å². The average molecular weight is 726 g/mol. The van der Waals surface area contributed by atoms with Crippen LogP contribution in [0.15, 0.2) is 103 Å². The van der Waals surface area contributed by atoms with Crippen molar-refractivity contribution in [2.75, 3.05) is 6.54 Å². The topological polar surface area (TPSA) is 23.8 Å². The van der Waals surface area contributed by atoms with E-state index >= 15 is 0 Å². The third kappa shape index (κ3) is 12.1. The first-order valence-corrected chi connectivity index (χ1v) is 14.1. The Morgan fingerprint density at radius 3 is 1.87 bits per heavy atom. The Kier molecular flexibility index (Phi) is 20.5. The summed E-state index contributed by atoms with van der Waals surface area (Å²) in [5, 5.41) is 2.90. The van der Waals surface area contributed by atoms with E-state index in [2.05, 4.69) is 117 Å². The molecule has 0 saturated heterocycles. The largest absolute Gasteiger partial charge is 4.00 e. The van der Waals surface area contributed by atoms with Crippen LogP contribution < -0.4 is 35.2 Å². The molecule has 5 heteroatoms.